The zero-order valence-electron chi connectivity index (χ0n) is 19.6. The highest BCUT2D eigenvalue weighted by Gasteiger charge is 2.29. The molecule has 1 N–H and O–H groups in total. The van der Waals surface area contributed by atoms with Gasteiger partial charge in [-0.2, -0.15) is 0 Å². The van der Waals surface area contributed by atoms with Crippen LogP contribution in [0.1, 0.15) is 27.8 Å². The molecule has 0 spiro atoms. The van der Waals surface area contributed by atoms with E-state index in [4.69, 9.17) is 0 Å². The Morgan fingerprint density at radius 3 is 2.21 bits per heavy atom. The number of carbonyl (C=O) groups is 2. The molecule has 3 aromatic carbocycles. The molecule has 0 fully saturated rings. The number of hydrogen-bond acceptors (Lipinski definition) is 3. The van der Waals surface area contributed by atoms with Crippen LogP contribution < -0.4 is 5.32 Å². The fourth-order valence-electron chi connectivity index (χ4n) is 3.75. The summed E-state index contributed by atoms with van der Waals surface area (Å²) in [6.07, 6.45) is 0.473. The summed E-state index contributed by atoms with van der Waals surface area (Å²) in [7, 11) is 1.63. The van der Waals surface area contributed by atoms with Crippen molar-refractivity contribution in [2.75, 3.05) is 12.8 Å². The fourth-order valence-corrected chi connectivity index (χ4v) is 4.62. The van der Waals surface area contributed by atoms with E-state index in [1.165, 1.54) is 11.1 Å². The van der Waals surface area contributed by atoms with Crippen molar-refractivity contribution >= 4 is 23.6 Å². The fraction of sp³-hybridized carbons (Fsp3) is 0.286. The molecule has 0 radical (unpaired) electrons. The molecule has 172 valence electrons. The molecule has 0 saturated heterocycles. The number of nitrogens with zero attached hydrogens (tertiary/aromatic N) is 1. The molecule has 0 saturated carbocycles. The second kappa shape index (κ2) is 12.3. The molecule has 0 aliphatic carbocycles. The van der Waals surface area contributed by atoms with E-state index in [9.17, 15) is 9.59 Å². The second-order valence-electron chi connectivity index (χ2n) is 8.31. The average Bonchev–Trinajstić information content (AvgIpc) is 2.82. The molecule has 3 rings (SSSR count). The lowest BCUT2D eigenvalue weighted by molar-refractivity contribution is -0.139. The number of amides is 2. The van der Waals surface area contributed by atoms with Crippen molar-refractivity contribution in [2.24, 2.45) is 0 Å². The van der Waals surface area contributed by atoms with Crippen LogP contribution >= 0.6 is 11.8 Å². The Morgan fingerprint density at radius 2 is 1.55 bits per heavy atom. The molecule has 33 heavy (non-hydrogen) atoms. The first-order valence-electron chi connectivity index (χ1n) is 11.2. The van der Waals surface area contributed by atoms with Gasteiger partial charge in [0, 0.05) is 25.8 Å². The molecule has 0 heterocycles. The maximum absolute atomic E-state index is 13.5. The summed E-state index contributed by atoms with van der Waals surface area (Å²) in [6.45, 7) is 4.50. The van der Waals surface area contributed by atoms with E-state index in [2.05, 4.69) is 42.6 Å². The Balaban J connectivity index is 1.80. The van der Waals surface area contributed by atoms with Gasteiger partial charge in [-0.1, -0.05) is 90.0 Å². The highest BCUT2D eigenvalue weighted by molar-refractivity contribution is 7.99. The van der Waals surface area contributed by atoms with Crippen molar-refractivity contribution in [1.29, 1.82) is 0 Å². The second-order valence-corrected chi connectivity index (χ2v) is 9.29. The smallest absolute Gasteiger partial charge is 0.242 e. The predicted octanol–water partition coefficient (Wildman–Crippen LogP) is 4.92. The van der Waals surface area contributed by atoms with Crippen molar-refractivity contribution in [1.82, 2.24) is 10.2 Å². The van der Waals surface area contributed by atoms with Gasteiger partial charge in [0.15, 0.2) is 0 Å². The molecule has 3 aromatic rings. The maximum atomic E-state index is 13.5. The van der Waals surface area contributed by atoms with Crippen LogP contribution in [0.25, 0.3) is 0 Å². The van der Waals surface area contributed by atoms with Gasteiger partial charge in [0.05, 0.1) is 5.75 Å². The van der Waals surface area contributed by atoms with Gasteiger partial charge in [-0.3, -0.25) is 9.59 Å². The first-order valence-corrected chi connectivity index (χ1v) is 12.4. The number of aryl methyl sites for hydroxylation is 2. The van der Waals surface area contributed by atoms with Crippen LogP contribution in [0.15, 0.2) is 78.9 Å². The van der Waals surface area contributed by atoms with E-state index in [0.717, 1.165) is 22.4 Å². The lowest BCUT2D eigenvalue weighted by atomic mass is 10.0. The average molecular weight is 461 g/mol. The molecule has 5 heteroatoms. The van der Waals surface area contributed by atoms with Gasteiger partial charge in [-0.15, -0.1) is 11.8 Å². The van der Waals surface area contributed by atoms with Crippen LogP contribution in [0.5, 0.6) is 0 Å². The highest BCUT2D eigenvalue weighted by Crippen LogP contribution is 2.19. The summed E-state index contributed by atoms with van der Waals surface area (Å²) < 4.78 is 0. The topological polar surface area (TPSA) is 49.4 Å². The largest absolute Gasteiger partial charge is 0.357 e. The summed E-state index contributed by atoms with van der Waals surface area (Å²) >= 11 is 1.58. The van der Waals surface area contributed by atoms with Crippen molar-refractivity contribution in [2.45, 2.75) is 38.6 Å². The Hall–Kier alpha value is -3.05. The Bertz CT molecular complexity index is 1050. The minimum atomic E-state index is -0.578. The minimum absolute atomic E-state index is 0.0295. The number of carbonyl (C=O) groups excluding carboxylic acids is 2. The van der Waals surface area contributed by atoms with Gasteiger partial charge in [0.25, 0.3) is 0 Å². The minimum Gasteiger partial charge on any atom is -0.357 e. The number of rotatable bonds is 10. The van der Waals surface area contributed by atoms with Gasteiger partial charge in [-0.25, -0.2) is 0 Å². The third kappa shape index (κ3) is 7.50. The molecule has 2 amide bonds. The Morgan fingerprint density at radius 1 is 0.848 bits per heavy atom. The highest BCUT2D eigenvalue weighted by atomic mass is 32.2. The van der Waals surface area contributed by atoms with E-state index in [0.29, 0.717) is 18.7 Å². The predicted molar refractivity (Wildman–Crippen MR) is 137 cm³/mol. The summed E-state index contributed by atoms with van der Waals surface area (Å²) in [6, 6.07) is 25.8. The Labute approximate surface area is 201 Å². The molecule has 1 atom stereocenters. The van der Waals surface area contributed by atoms with E-state index in [1.807, 2.05) is 55.5 Å². The van der Waals surface area contributed by atoms with Gasteiger partial charge in [0.2, 0.25) is 11.8 Å². The van der Waals surface area contributed by atoms with Crippen molar-refractivity contribution in [3.05, 3.63) is 107 Å². The van der Waals surface area contributed by atoms with Gasteiger partial charge < -0.3 is 10.2 Å². The van der Waals surface area contributed by atoms with Crippen molar-refractivity contribution in [3.63, 3.8) is 0 Å². The first-order chi connectivity index (χ1) is 16.0. The number of nitrogens with one attached hydrogen (secondary N) is 1. The van der Waals surface area contributed by atoms with Crippen LogP contribution in [-0.4, -0.2) is 35.6 Å². The zero-order valence-corrected chi connectivity index (χ0v) is 20.4. The van der Waals surface area contributed by atoms with E-state index in [-0.39, 0.29) is 11.8 Å². The van der Waals surface area contributed by atoms with Crippen LogP contribution in [0, 0.1) is 13.8 Å². The number of benzene rings is 3. The molecule has 0 aliphatic heterocycles. The summed E-state index contributed by atoms with van der Waals surface area (Å²) in [5.41, 5.74) is 5.59. The third-order valence-corrected chi connectivity index (χ3v) is 6.56. The number of likely N-dealkylation sites (N-methyl/N-ethyl adjacent to an activating group) is 1. The molecule has 0 unspecified atom stereocenters. The van der Waals surface area contributed by atoms with Crippen molar-refractivity contribution < 1.29 is 9.59 Å². The van der Waals surface area contributed by atoms with E-state index >= 15 is 0 Å². The first kappa shape index (κ1) is 24.6. The van der Waals surface area contributed by atoms with Crippen LogP contribution in [-0.2, 0) is 28.3 Å². The lowest BCUT2D eigenvalue weighted by Gasteiger charge is -2.31. The van der Waals surface area contributed by atoms with Crippen LogP contribution in [0.4, 0.5) is 0 Å². The molecular formula is C28H32N2O2S. The monoisotopic (exact) mass is 460 g/mol. The van der Waals surface area contributed by atoms with Crippen LogP contribution in [0.2, 0.25) is 0 Å². The molecular weight excluding hydrogens is 428 g/mol. The summed E-state index contributed by atoms with van der Waals surface area (Å²) in [5, 5.41) is 2.77. The third-order valence-electron chi connectivity index (χ3n) is 5.57. The molecule has 0 aromatic heterocycles. The maximum Gasteiger partial charge on any atom is 0.242 e. The van der Waals surface area contributed by atoms with E-state index < -0.39 is 6.04 Å². The summed E-state index contributed by atoms with van der Waals surface area (Å²) in [5.74, 6) is 0.900. The van der Waals surface area contributed by atoms with Gasteiger partial charge in [0.1, 0.15) is 6.04 Å². The standard InChI is InChI=1S/C28H32N2O2S/c1-21-12-14-24(15-13-21)19-33-20-27(31)30(18-25-11-7-8-22(2)16-25)26(28(32)29-3)17-23-9-5-4-6-10-23/h4-16,26H,17-20H2,1-3H3,(H,29,32)/t26-/m1/s1. The van der Waals surface area contributed by atoms with Crippen molar-refractivity contribution in [3.8, 4) is 0 Å². The Kier molecular flexibility index (Phi) is 9.14. The van der Waals surface area contributed by atoms with Crippen LogP contribution in [0.3, 0.4) is 0 Å². The van der Waals surface area contributed by atoms with Gasteiger partial charge in [-0.05, 0) is 30.5 Å². The molecule has 4 nitrogen and oxygen atoms in total. The molecule has 0 bridgehead atoms. The number of thioether (sulfide) groups is 1. The van der Waals surface area contributed by atoms with E-state index in [1.54, 1.807) is 23.7 Å². The normalized spacial score (nSPS) is 11.6. The number of hydrogen-bond donors (Lipinski definition) is 1. The SMILES string of the molecule is CNC(=O)[C@@H](Cc1ccccc1)N(Cc1cccc(C)c1)C(=O)CSCc1ccc(C)cc1. The lowest BCUT2D eigenvalue weighted by Crippen LogP contribution is -2.50. The quantitative estimate of drug-likeness (QED) is 0.467. The molecule has 0 aliphatic rings. The summed E-state index contributed by atoms with van der Waals surface area (Å²) in [4.78, 5) is 28.1. The van der Waals surface area contributed by atoms with Gasteiger partial charge >= 0.3 is 0 Å². The zero-order chi connectivity index (χ0) is 23.6.